The van der Waals surface area contributed by atoms with Crippen LogP contribution in [0.5, 0.6) is 0 Å². The number of nitrogens with zero attached hydrogens (tertiary/aromatic N) is 2. The van der Waals surface area contributed by atoms with Crippen LogP contribution >= 0.6 is 24.4 Å². The van der Waals surface area contributed by atoms with Gasteiger partial charge >= 0.3 is 0 Å². The molecule has 0 amide bonds. The molecular weight excluding hydrogens is 216 g/mol. The van der Waals surface area contributed by atoms with Crippen LogP contribution in [0.2, 0.25) is 5.02 Å². The van der Waals surface area contributed by atoms with Crippen molar-refractivity contribution in [1.82, 2.24) is 4.31 Å². The molecule has 1 aliphatic heterocycles. The van der Waals surface area contributed by atoms with Crippen molar-refractivity contribution in [3.63, 3.8) is 0 Å². The number of thiol groups is 1. The number of halogens is 1. The third-order valence-corrected chi connectivity index (χ3v) is 3.02. The molecule has 0 N–H and O–H groups in total. The number of benzene rings is 1. The number of rotatable bonds is 1. The van der Waals surface area contributed by atoms with Gasteiger partial charge in [-0.25, -0.2) is 0 Å². The van der Waals surface area contributed by atoms with Crippen LogP contribution in [0.25, 0.3) is 0 Å². The van der Waals surface area contributed by atoms with E-state index in [4.69, 9.17) is 11.6 Å². The molecular formula is C10H11ClN2S. The molecule has 1 aromatic carbocycles. The Morgan fingerprint density at radius 2 is 2.07 bits per heavy atom. The molecule has 0 bridgehead atoms. The second kappa shape index (κ2) is 3.83. The zero-order valence-electron chi connectivity index (χ0n) is 7.81. The lowest BCUT2D eigenvalue weighted by atomic mass is 10.1. The van der Waals surface area contributed by atoms with E-state index in [1.807, 2.05) is 35.5 Å². The normalized spacial score (nSPS) is 21.2. The topological polar surface area (TPSA) is 15.6 Å². The minimum Gasteiger partial charge on any atom is -0.305 e. The zero-order valence-corrected chi connectivity index (χ0v) is 9.46. The molecule has 0 spiro atoms. The highest BCUT2D eigenvalue weighted by molar-refractivity contribution is 7.78. The first kappa shape index (κ1) is 9.87. The number of aliphatic imine (C=N–C) groups is 1. The van der Waals surface area contributed by atoms with Crippen molar-refractivity contribution in [2.45, 2.75) is 13.0 Å². The van der Waals surface area contributed by atoms with E-state index in [0.717, 1.165) is 17.4 Å². The van der Waals surface area contributed by atoms with Crippen molar-refractivity contribution in [2.75, 3.05) is 6.54 Å². The molecule has 1 unspecified atom stereocenters. The second-order valence-corrected chi connectivity index (χ2v) is 4.25. The van der Waals surface area contributed by atoms with Crippen LogP contribution in [0.1, 0.15) is 18.5 Å². The summed E-state index contributed by atoms with van der Waals surface area (Å²) in [5.41, 5.74) is 1.19. The molecule has 0 radical (unpaired) electrons. The molecule has 0 aliphatic carbocycles. The molecule has 1 heterocycles. The van der Waals surface area contributed by atoms with Gasteiger partial charge in [0.05, 0.1) is 12.6 Å². The van der Waals surface area contributed by atoms with Crippen LogP contribution in [0.3, 0.4) is 0 Å². The van der Waals surface area contributed by atoms with Crippen LogP contribution in [-0.2, 0) is 0 Å². The van der Waals surface area contributed by atoms with E-state index in [0.29, 0.717) is 0 Å². The van der Waals surface area contributed by atoms with E-state index < -0.39 is 0 Å². The lowest BCUT2D eigenvalue weighted by molar-refractivity contribution is 0.640. The first-order valence-corrected chi connectivity index (χ1v) is 5.21. The number of hydrogen-bond acceptors (Lipinski definition) is 3. The molecule has 2 nitrogen and oxygen atoms in total. The highest BCUT2D eigenvalue weighted by Crippen LogP contribution is 2.26. The highest BCUT2D eigenvalue weighted by Gasteiger charge is 2.21. The van der Waals surface area contributed by atoms with Crippen LogP contribution in [-0.4, -0.2) is 16.7 Å². The molecule has 0 fully saturated rings. The van der Waals surface area contributed by atoms with E-state index in [1.165, 1.54) is 5.56 Å². The molecule has 14 heavy (non-hydrogen) atoms. The van der Waals surface area contributed by atoms with Gasteiger partial charge in [0.2, 0.25) is 0 Å². The zero-order chi connectivity index (χ0) is 10.1. The average molecular weight is 227 g/mol. The summed E-state index contributed by atoms with van der Waals surface area (Å²) in [4.78, 5) is 4.49. The first-order chi connectivity index (χ1) is 6.66. The summed E-state index contributed by atoms with van der Waals surface area (Å²) in [5, 5.41) is 0.759. The van der Waals surface area contributed by atoms with E-state index >= 15 is 0 Å². The second-order valence-electron chi connectivity index (χ2n) is 3.33. The minimum atomic E-state index is 0.199. The van der Waals surface area contributed by atoms with E-state index in [9.17, 15) is 0 Å². The maximum Gasteiger partial charge on any atom is 0.106 e. The Kier molecular flexibility index (Phi) is 2.70. The van der Waals surface area contributed by atoms with Gasteiger partial charge < -0.3 is 4.31 Å². The molecule has 2 rings (SSSR count). The molecule has 0 saturated heterocycles. The smallest absolute Gasteiger partial charge is 0.106 e. The first-order valence-electron chi connectivity index (χ1n) is 4.43. The molecule has 1 aromatic rings. The average Bonchev–Trinajstić information content (AvgIpc) is 2.48. The molecule has 0 aromatic heterocycles. The summed E-state index contributed by atoms with van der Waals surface area (Å²) in [7, 11) is 0. The van der Waals surface area contributed by atoms with Gasteiger partial charge in [-0.15, -0.1) is 0 Å². The van der Waals surface area contributed by atoms with Crippen molar-refractivity contribution in [3.8, 4) is 0 Å². The van der Waals surface area contributed by atoms with Crippen LogP contribution in [0.15, 0.2) is 29.3 Å². The summed E-state index contributed by atoms with van der Waals surface area (Å²) >= 11 is 10.1. The van der Waals surface area contributed by atoms with Gasteiger partial charge in [0.25, 0.3) is 0 Å². The molecule has 1 aliphatic rings. The Morgan fingerprint density at radius 1 is 1.43 bits per heavy atom. The fourth-order valence-corrected chi connectivity index (χ4v) is 1.83. The van der Waals surface area contributed by atoms with Crippen molar-refractivity contribution in [2.24, 2.45) is 4.99 Å². The van der Waals surface area contributed by atoms with Crippen molar-refractivity contribution < 1.29 is 0 Å². The molecule has 0 saturated carbocycles. The highest BCUT2D eigenvalue weighted by atomic mass is 35.5. The predicted octanol–water partition coefficient (Wildman–Crippen LogP) is 2.96. The lowest BCUT2D eigenvalue weighted by Crippen LogP contribution is -2.14. The van der Waals surface area contributed by atoms with Crippen molar-refractivity contribution in [1.29, 1.82) is 0 Å². The Balaban J connectivity index is 2.22. The van der Waals surface area contributed by atoms with Crippen LogP contribution < -0.4 is 0 Å². The maximum absolute atomic E-state index is 5.81. The summed E-state index contributed by atoms with van der Waals surface area (Å²) in [5.74, 6) is 0.966. The quantitative estimate of drug-likeness (QED) is 0.728. The summed E-state index contributed by atoms with van der Waals surface area (Å²) in [6.07, 6.45) is 0. The third-order valence-electron chi connectivity index (χ3n) is 2.32. The Hall–Kier alpha value is -0.670. The van der Waals surface area contributed by atoms with E-state index in [-0.39, 0.29) is 6.04 Å². The van der Waals surface area contributed by atoms with Crippen molar-refractivity contribution in [3.05, 3.63) is 34.9 Å². The fraction of sp³-hybridized carbons (Fsp3) is 0.300. The van der Waals surface area contributed by atoms with Gasteiger partial charge in [0.1, 0.15) is 5.84 Å². The van der Waals surface area contributed by atoms with Gasteiger partial charge in [0.15, 0.2) is 0 Å². The van der Waals surface area contributed by atoms with Crippen molar-refractivity contribution >= 4 is 30.3 Å². The van der Waals surface area contributed by atoms with Gasteiger partial charge in [-0.2, -0.15) is 0 Å². The third kappa shape index (κ3) is 1.88. The van der Waals surface area contributed by atoms with Crippen LogP contribution in [0.4, 0.5) is 0 Å². The van der Waals surface area contributed by atoms with Gasteiger partial charge in [0, 0.05) is 5.02 Å². The fourth-order valence-electron chi connectivity index (χ4n) is 1.49. The Morgan fingerprint density at radius 3 is 2.57 bits per heavy atom. The Labute approximate surface area is 94.1 Å². The maximum atomic E-state index is 5.81. The lowest BCUT2D eigenvalue weighted by Gasteiger charge is -2.10. The summed E-state index contributed by atoms with van der Waals surface area (Å²) < 4.78 is 1.86. The SMILES string of the molecule is CC1=NC(c2ccc(Cl)cc2)CN1S. The van der Waals surface area contributed by atoms with Crippen LogP contribution in [0, 0.1) is 0 Å². The van der Waals surface area contributed by atoms with E-state index in [1.54, 1.807) is 0 Å². The largest absolute Gasteiger partial charge is 0.305 e. The minimum absolute atomic E-state index is 0.199. The summed E-state index contributed by atoms with van der Waals surface area (Å²) in [6, 6.07) is 8.00. The predicted molar refractivity (Wildman–Crippen MR) is 63.0 cm³/mol. The Bertz CT molecular complexity index is 361. The van der Waals surface area contributed by atoms with Gasteiger partial charge in [-0.05, 0) is 24.6 Å². The van der Waals surface area contributed by atoms with Gasteiger partial charge in [-0.3, -0.25) is 4.99 Å². The molecule has 74 valence electrons. The number of hydrogen-bond donors (Lipinski definition) is 1. The molecule has 1 atom stereocenters. The van der Waals surface area contributed by atoms with E-state index in [2.05, 4.69) is 17.8 Å². The molecule has 4 heteroatoms. The van der Waals surface area contributed by atoms with Gasteiger partial charge in [-0.1, -0.05) is 36.5 Å². The monoisotopic (exact) mass is 226 g/mol. The summed E-state index contributed by atoms with van der Waals surface area (Å²) in [6.45, 7) is 2.79. The standard InChI is InChI=1S/C10H11ClN2S/c1-7-12-10(6-13(7)14)8-2-4-9(11)5-3-8/h2-5,10,14H,6H2,1H3. The number of amidine groups is 1.